The van der Waals surface area contributed by atoms with Crippen molar-refractivity contribution < 1.29 is 27.8 Å². The predicted molar refractivity (Wildman–Crippen MR) is 249 cm³/mol. The molecular weight excluding hydrogens is 877 g/mol. The highest BCUT2D eigenvalue weighted by molar-refractivity contribution is 7.14. The number of nitrogens with one attached hydrogen (secondary N) is 1. The largest absolute Gasteiger partial charge is 0.481 e. The molecule has 336 valence electrons. The number of aromatic nitrogens is 6. The van der Waals surface area contributed by atoms with E-state index in [0.717, 1.165) is 32.8 Å². The smallest absolute Gasteiger partial charge is 0.301 e. The van der Waals surface area contributed by atoms with E-state index in [2.05, 4.69) is 25.5 Å². The van der Waals surface area contributed by atoms with E-state index < -0.39 is 23.1 Å². The maximum Gasteiger partial charge on any atom is 0.301 e. The number of carbonyl (C=O) groups excluding carboxylic acids is 2. The van der Waals surface area contributed by atoms with Crippen LogP contribution < -0.4 is 25.9 Å². The van der Waals surface area contributed by atoms with E-state index in [9.17, 15) is 28.0 Å². The summed E-state index contributed by atoms with van der Waals surface area (Å²) in [6.45, 7) is 3.69. The fraction of sp³-hybridized carbons (Fsp3) is 0.137. The minimum Gasteiger partial charge on any atom is -0.481 e. The van der Waals surface area contributed by atoms with Crippen LogP contribution >= 0.6 is 11.3 Å². The van der Waals surface area contributed by atoms with Gasteiger partial charge >= 0.3 is 11.1 Å². The summed E-state index contributed by atoms with van der Waals surface area (Å²) in [7, 11) is 0. The fourth-order valence-electron chi connectivity index (χ4n) is 6.82. The summed E-state index contributed by atoms with van der Waals surface area (Å²) in [6, 6.07) is 37.8. The summed E-state index contributed by atoms with van der Waals surface area (Å²) in [5, 5.41) is 12.3. The van der Waals surface area contributed by atoms with Crippen LogP contribution in [0.15, 0.2) is 155 Å². The van der Waals surface area contributed by atoms with Crippen molar-refractivity contribution in [3.05, 3.63) is 222 Å². The summed E-state index contributed by atoms with van der Waals surface area (Å²) >= 11 is 1.33. The highest BCUT2D eigenvalue weighted by Crippen LogP contribution is 2.30. The molecule has 0 saturated carbocycles. The van der Waals surface area contributed by atoms with Crippen LogP contribution in [0.2, 0.25) is 0 Å². The number of ether oxygens (including phenoxy) is 2. The van der Waals surface area contributed by atoms with Crippen molar-refractivity contribution >= 4 is 34.3 Å². The standard InChI is InChI=1S/C26H22FN3O4.C25H19FN4O2S/c1-17-7-12-22-29-24(21(31)14-28-23(32)13-18-8-10-20(27)11-9-18)25(26(33)30(22)15-17)34-16-19-5-3-2-4-6-19;1-16-7-12-20-27-22(24-29-28-21(33-24)13-17-8-10-19(26)11-9-17)23(25(31)30(20)14-16)32-15-18-5-3-2-4-6-18/h2-12,15H,13-14,16H2,1H3,(H,28,32);2-12,14H,13,15H2,1H3. The highest BCUT2D eigenvalue weighted by Gasteiger charge is 2.23. The lowest BCUT2D eigenvalue weighted by Crippen LogP contribution is -2.32. The molecule has 0 aliphatic carbocycles. The number of aryl methyl sites for hydroxylation is 2. The molecule has 0 fully saturated rings. The summed E-state index contributed by atoms with van der Waals surface area (Å²) < 4.78 is 40.8. The van der Waals surface area contributed by atoms with E-state index in [1.54, 1.807) is 42.7 Å². The van der Waals surface area contributed by atoms with Gasteiger partial charge in [-0.15, -0.1) is 10.2 Å². The van der Waals surface area contributed by atoms with E-state index in [4.69, 9.17) is 9.47 Å². The maximum absolute atomic E-state index is 13.3. The highest BCUT2D eigenvalue weighted by atomic mass is 32.1. The second kappa shape index (κ2) is 20.7. The molecule has 13 nitrogen and oxygen atoms in total. The van der Waals surface area contributed by atoms with Crippen molar-refractivity contribution in [1.29, 1.82) is 0 Å². The Morgan fingerprint density at radius 2 is 1.13 bits per heavy atom. The normalized spacial score (nSPS) is 10.9. The first-order valence-corrected chi connectivity index (χ1v) is 21.8. The molecular formula is C51H41F2N7O6S. The number of ketones is 1. The second-order valence-corrected chi connectivity index (χ2v) is 16.5. The van der Waals surface area contributed by atoms with Gasteiger partial charge in [-0.05, 0) is 83.6 Å². The van der Waals surface area contributed by atoms with Gasteiger partial charge in [-0.1, -0.05) is 108 Å². The van der Waals surface area contributed by atoms with Crippen molar-refractivity contribution in [3.8, 4) is 22.2 Å². The van der Waals surface area contributed by atoms with Crippen LogP contribution in [0, 0.1) is 25.5 Å². The minimum absolute atomic E-state index is 0.0159. The van der Waals surface area contributed by atoms with Gasteiger partial charge in [-0.2, -0.15) is 0 Å². The van der Waals surface area contributed by atoms with Gasteiger partial charge in [0.1, 0.15) is 41.2 Å². The summed E-state index contributed by atoms with van der Waals surface area (Å²) in [5.74, 6) is -1.70. The number of rotatable bonds is 14. The zero-order valence-corrected chi connectivity index (χ0v) is 37.0. The van der Waals surface area contributed by atoms with Gasteiger partial charge in [0.15, 0.2) is 16.4 Å². The van der Waals surface area contributed by atoms with Crippen molar-refractivity contribution in [3.63, 3.8) is 0 Å². The van der Waals surface area contributed by atoms with Gasteiger partial charge in [0.25, 0.3) is 0 Å². The number of hydrogen-bond donors (Lipinski definition) is 1. The molecule has 0 aliphatic heterocycles. The lowest BCUT2D eigenvalue weighted by molar-refractivity contribution is -0.120. The minimum atomic E-state index is -0.560. The van der Waals surface area contributed by atoms with E-state index >= 15 is 0 Å². The first-order chi connectivity index (χ1) is 32.5. The fourth-order valence-corrected chi connectivity index (χ4v) is 7.68. The molecule has 67 heavy (non-hydrogen) atoms. The van der Waals surface area contributed by atoms with E-state index in [1.807, 2.05) is 80.6 Å². The molecule has 16 heteroatoms. The van der Waals surface area contributed by atoms with Gasteiger partial charge in [-0.25, -0.2) is 18.7 Å². The number of benzene rings is 4. The van der Waals surface area contributed by atoms with E-state index in [0.29, 0.717) is 34.0 Å². The Labute approximate surface area is 386 Å². The molecule has 1 amide bonds. The van der Waals surface area contributed by atoms with Crippen LogP contribution in [0.4, 0.5) is 8.78 Å². The Balaban J connectivity index is 0.000000182. The van der Waals surface area contributed by atoms with Crippen LogP contribution in [0.3, 0.4) is 0 Å². The summed E-state index contributed by atoms with van der Waals surface area (Å²) in [6.07, 6.45) is 3.85. The number of hydrogen-bond acceptors (Lipinski definition) is 11. The molecule has 0 radical (unpaired) electrons. The molecule has 0 spiro atoms. The summed E-state index contributed by atoms with van der Waals surface area (Å²) in [5.41, 5.74) is 5.27. The molecule has 0 saturated heterocycles. The van der Waals surface area contributed by atoms with Gasteiger partial charge < -0.3 is 14.8 Å². The Morgan fingerprint density at radius 3 is 1.72 bits per heavy atom. The third kappa shape index (κ3) is 11.4. The number of carbonyl (C=O) groups is 2. The Bertz CT molecular complexity index is 3330. The Hall–Kier alpha value is -8.24. The lowest BCUT2D eigenvalue weighted by Gasteiger charge is -2.12. The number of pyridine rings is 2. The zero-order valence-electron chi connectivity index (χ0n) is 36.2. The van der Waals surface area contributed by atoms with Gasteiger partial charge in [0, 0.05) is 18.8 Å². The number of Topliss-reactive ketones (excluding diaryl/α,β-unsaturated/α-hetero) is 1. The summed E-state index contributed by atoms with van der Waals surface area (Å²) in [4.78, 5) is 60.8. The molecule has 9 aromatic rings. The van der Waals surface area contributed by atoms with Gasteiger partial charge in [0.05, 0.1) is 13.0 Å². The molecule has 5 heterocycles. The van der Waals surface area contributed by atoms with Crippen molar-refractivity contribution in [2.75, 3.05) is 6.54 Å². The quantitative estimate of drug-likeness (QED) is 0.106. The first-order valence-electron chi connectivity index (χ1n) is 21.0. The van der Waals surface area contributed by atoms with Crippen LogP contribution in [0.5, 0.6) is 11.5 Å². The first kappa shape index (κ1) is 45.3. The molecule has 0 atom stereocenters. The molecule has 1 N–H and O–H groups in total. The monoisotopic (exact) mass is 917 g/mol. The lowest BCUT2D eigenvalue weighted by atomic mass is 10.1. The van der Waals surface area contributed by atoms with Crippen LogP contribution in [-0.2, 0) is 30.8 Å². The molecule has 0 unspecified atom stereocenters. The van der Waals surface area contributed by atoms with Gasteiger partial charge in [0.2, 0.25) is 23.2 Å². The van der Waals surface area contributed by atoms with Crippen molar-refractivity contribution in [2.24, 2.45) is 0 Å². The van der Waals surface area contributed by atoms with Gasteiger partial charge in [-0.3, -0.25) is 28.0 Å². The predicted octanol–water partition coefficient (Wildman–Crippen LogP) is 8.09. The number of fused-ring (bicyclic) bond motifs is 2. The SMILES string of the molecule is Cc1ccc2nc(-c3nnc(Cc4ccc(F)cc4)s3)c(OCc3ccccc3)c(=O)n2c1.Cc1ccc2nc(C(=O)CNC(=O)Cc3ccc(F)cc3)c(OCc3ccccc3)c(=O)n2c1. The third-order valence-corrected chi connectivity index (χ3v) is 11.2. The Kier molecular flexibility index (Phi) is 14.0. The number of amides is 1. The molecule has 4 aromatic carbocycles. The number of halogens is 2. The molecule has 0 aliphatic rings. The topological polar surface area (TPSA) is 159 Å². The average molecular weight is 918 g/mol. The second-order valence-electron chi connectivity index (χ2n) is 15.4. The van der Waals surface area contributed by atoms with E-state index in [1.165, 1.54) is 56.5 Å². The third-order valence-electron chi connectivity index (χ3n) is 10.2. The Morgan fingerprint density at radius 1 is 0.612 bits per heavy atom. The number of nitrogens with zero attached hydrogens (tertiary/aromatic N) is 6. The van der Waals surface area contributed by atoms with E-state index in [-0.39, 0.29) is 54.7 Å². The van der Waals surface area contributed by atoms with Crippen molar-refractivity contribution in [1.82, 2.24) is 34.3 Å². The van der Waals surface area contributed by atoms with Crippen LogP contribution in [0.1, 0.15) is 48.9 Å². The molecule has 0 bridgehead atoms. The van der Waals surface area contributed by atoms with Crippen molar-refractivity contribution in [2.45, 2.75) is 39.9 Å². The zero-order chi connectivity index (χ0) is 46.9. The molecule has 9 rings (SSSR count). The van der Waals surface area contributed by atoms with Crippen LogP contribution in [0.25, 0.3) is 22.0 Å². The molecule has 5 aromatic heterocycles. The van der Waals surface area contributed by atoms with Crippen LogP contribution in [-0.4, -0.2) is 47.2 Å². The maximum atomic E-state index is 13.3. The average Bonchev–Trinajstić information content (AvgIpc) is 3.81.